The van der Waals surface area contributed by atoms with Gasteiger partial charge in [-0.25, -0.2) is 0 Å². The van der Waals surface area contributed by atoms with Gasteiger partial charge in [0.2, 0.25) is 0 Å². The lowest BCUT2D eigenvalue weighted by atomic mass is 9.97. The lowest BCUT2D eigenvalue weighted by Crippen LogP contribution is -2.53. The first-order valence-corrected chi connectivity index (χ1v) is 6.66. The third kappa shape index (κ3) is 1.74. The van der Waals surface area contributed by atoms with Crippen LogP contribution in [-0.4, -0.2) is 24.3 Å². The van der Waals surface area contributed by atoms with Crippen LogP contribution in [0, 0.1) is 0 Å². The molecule has 4 nitrogen and oxygen atoms in total. The molecule has 1 aromatic carbocycles. The SMILES string of the molecule is CC(=O)c1ccc2c(c1)N(C)C(=O)C1(CCCC1)O2. The van der Waals surface area contributed by atoms with Crippen LogP contribution < -0.4 is 9.64 Å². The predicted octanol–water partition coefficient (Wildman–Crippen LogP) is 2.56. The van der Waals surface area contributed by atoms with Crippen LogP contribution in [0.5, 0.6) is 5.75 Å². The van der Waals surface area contributed by atoms with Crippen LogP contribution in [0.25, 0.3) is 0 Å². The van der Waals surface area contributed by atoms with Crippen molar-refractivity contribution >= 4 is 17.4 Å². The molecule has 0 saturated heterocycles. The average molecular weight is 259 g/mol. The summed E-state index contributed by atoms with van der Waals surface area (Å²) in [6.07, 6.45) is 3.62. The maximum absolute atomic E-state index is 12.5. The number of nitrogens with zero attached hydrogens (tertiary/aromatic N) is 1. The van der Waals surface area contributed by atoms with E-state index in [0.29, 0.717) is 17.0 Å². The van der Waals surface area contributed by atoms with Crippen molar-refractivity contribution in [2.75, 3.05) is 11.9 Å². The second-order valence-electron chi connectivity index (χ2n) is 5.41. The van der Waals surface area contributed by atoms with Crippen molar-refractivity contribution < 1.29 is 14.3 Å². The molecule has 0 atom stereocenters. The molecule has 3 rings (SSSR count). The van der Waals surface area contributed by atoms with Gasteiger partial charge in [0.05, 0.1) is 5.69 Å². The van der Waals surface area contributed by atoms with Gasteiger partial charge in [0.1, 0.15) is 5.75 Å². The normalized spacial score (nSPS) is 20.3. The fraction of sp³-hybridized carbons (Fsp3) is 0.467. The number of ether oxygens (including phenoxy) is 1. The standard InChI is InChI=1S/C15H17NO3/c1-10(17)11-5-6-13-12(9-11)16(2)14(18)15(19-13)7-3-4-8-15/h5-6,9H,3-4,7-8H2,1-2H3. The molecule has 0 aromatic heterocycles. The monoisotopic (exact) mass is 259 g/mol. The minimum Gasteiger partial charge on any atom is -0.475 e. The topological polar surface area (TPSA) is 46.6 Å². The van der Waals surface area contributed by atoms with Gasteiger partial charge in [0.25, 0.3) is 5.91 Å². The quantitative estimate of drug-likeness (QED) is 0.728. The predicted molar refractivity (Wildman–Crippen MR) is 71.7 cm³/mol. The third-order valence-electron chi connectivity index (χ3n) is 4.14. The van der Waals surface area contributed by atoms with Crippen molar-refractivity contribution in [3.8, 4) is 5.75 Å². The van der Waals surface area contributed by atoms with E-state index in [2.05, 4.69) is 0 Å². The van der Waals surface area contributed by atoms with E-state index in [0.717, 1.165) is 25.7 Å². The molecule has 4 heteroatoms. The van der Waals surface area contributed by atoms with E-state index < -0.39 is 5.60 Å². The van der Waals surface area contributed by atoms with E-state index >= 15 is 0 Å². The number of likely N-dealkylation sites (N-methyl/N-ethyl adjacent to an activating group) is 1. The second kappa shape index (κ2) is 4.08. The smallest absolute Gasteiger partial charge is 0.271 e. The van der Waals surface area contributed by atoms with Gasteiger partial charge in [-0.15, -0.1) is 0 Å². The Hall–Kier alpha value is -1.84. The van der Waals surface area contributed by atoms with Crippen LogP contribution in [0.15, 0.2) is 18.2 Å². The van der Waals surface area contributed by atoms with Crippen LogP contribution in [0.2, 0.25) is 0 Å². The summed E-state index contributed by atoms with van der Waals surface area (Å²) in [7, 11) is 1.76. The van der Waals surface area contributed by atoms with Gasteiger partial charge in [-0.3, -0.25) is 9.59 Å². The van der Waals surface area contributed by atoms with E-state index in [-0.39, 0.29) is 11.7 Å². The highest BCUT2D eigenvalue weighted by Gasteiger charge is 2.49. The second-order valence-corrected chi connectivity index (χ2v) is 5.41. The number of anilines is 1. The molecule has 100 valence electrons. The number of amides is 1. The summed E-state index contributed by atoms with van der Waals surface area (Å²) in [4.78, 5) is 25.6. The Balaban J connectivity index is 2.06. The molecule has 1 saturated carbocycles. The molecule has 1 amide bonds. The van der Waals surface area contributed by atoms with Crippen LogP contribution in [0.3, 0.4) is 0 Å². The maximum Gasteiger partial charge on any atom is 0.271 e. The number of carbonyl (C=O) groups is 2. The molecule has 1 aromatic rings. The molecule has 1 aliphatic carbocycles. The first kappa shape index (κ1) is 12.2. The zero-order valence-electron chi connectivity index (χ0n) is 11.2. The minimum absolute atomic E-state index is 0.00944. The van der Waals surface area contributed by atoms with Gasteiger partial charge in [-0.1, -0.05) is 0 Å². The summed E-state index contributed by atoms with van der Waals surface area (Å²) in [5.74, 6) is 0.706. The molecule has 2 aliphatic rings. The number of rotatable bonds is 1. The summed E-state index contributed by atoms with van der Waals surface area (Å²) < 4.78 is 6.00. The zero-order chi connectivity index (χ0) is 13.6. The zero-order valence-corrected chi connectivity index (χ0v) is 11.2. The highest BCUT2D eigenvalue weighted by Crippen LogP contribution is 2.44. The Morgan fingerprint density at radius 3 is 2.63 bits per heavy atom. The Morgan fingerprint density at radius 1 is 1.32 bits per heavy atom. The number of benzene rings is 1. The van der Waals surface area contributed by atoms with Gasteiger partial charge in [-0.2, -0.15) is 0 Å². The summed E-state index contributed by atoms with van der Waals surface area (Å²) >= 11 is 0. The number of hydrogen-bond acceptors (Lipinski definition) is 3. The average Bonchev–Trinajstić information content (AvgIpc) is 2.85. The van der Waals surface area contributed by atoms with E-state index in [1.165, 1.54) is 6.92 Å². The van der Waals surface area contributed by atoms with E-state index in [4.69, 9.17) is 4.74 Å². The first-order chi connectivity index (χ1) is 9.03. The van der Waals surface area contributed by atoms with Gasteiger partial charge in [-0.05, 0) is 50.8 Å². The molecule has 1 spiro atoms. The lowest BCUT2D eigenvalue weighted by Gasteiger charge is -2.39. The Morgan fingerprint density at radius 2 is 2.00 bits per heavy atom. The summed E-state index contributed by atoms with van der Waals surface area (Å²) in [6.45, 7) is 1.52. The molecule has 0 unspecified atom stereocenters. The molecular weight excluding hydrogens is 242 g/mol. The summed E-state index contributed by atoms with van der Waals surface area (Å²) in [5.41, 5.74) is 0.624. The maximum atomic E-state index is 12.5. The molecule has 1 aliphatic heterocycles. The van der Waals surface area contributed by atoms with Gasteiger partial charge in [0.15, 0.2) is 11.4 Å². The molecule has 1 heterocycles. The van der Waals surface area contributed by atoms with Crippen LogP contribution >= 0.6 is 0 Å². The molecular formula is C15H17NO3. The highest BCUT2D eigenvalue weighted by molar-refractivity contribution is 6.04. The molecule has 0 radical (unpaired) electrons. The Labute approximate surface area is 112 Å². The van der Waals surface area contributed by atoms with Gasteiger partial charge < -0.3 is 9.64 Å². The van der Waals surface area contributed by atoms with Crippen molar-refractivity contribution in [2.45, 2.75) is 38.2 Å². The molecule has 19 heavy (non-hydrogen) atoms. The van der Waals surface area contributed by atoms with Crippen LogP contribution in [0.1, 0.15) is 43.0 Å². The highest BCUT2D eigenvalue weighted by atomic mass is 16.5. The van der Waals surface area contributed by atoms with Crippen LogP contribution in [0.4, 0.5) is 5.69 Å². The fourth-order valence-electron chi connectivity index (χ4n) is 3.02. The number of fused-ring (bicyclic) bond motifs is 1. The van der Waals surface area contributed by atoms with Crippen molar-refractivity contribution in [3.05, 3.63) is 23.8 Å². The number of ketones is 1. The van der Waals surface area contributed by atoms with Gasteiger partial charge in [0, 0.05) is 12.6 Å². The van der Waals surface area contributed by atoms with Gasteiger partial charge >= 0.3 is 0 Å². The lowest BCUT2D eigenvalue weighted by molar-refractivity contribution is -0.134. The Bertz CT molecular complexity index is 559. The number of hydrogen-bond donors (Lipinski definition) is 0. The largest absolute Gasteiger partial charge is 0.475 e. The van der Waals surface area contributed by atoms with Crippen molar-refractivity contribution in [1.82, 2.24) is 0 Å². The summed E-state index contributed by atoms with van der Waals surface area (Å²) in [5, 5.41) is 0. The number of Topliss-reactive ketones (excluding diaryl/α,β-unsaturated/α-hetero) is 1. The van der Waals surface area contributed by atoms with E-state index in [1.54, 1.807) is 30.1 Å². The first-order valence-electron chi connectivity index (χ1n) is 6.66. The third-order valence-corrected chi connectivity index (χ3v) is 4.14. The fourth-order valence-corrected chi connectivity index (χ4v) is 3.02. The van der Waals surface area contributed by atoms with Crippen molar-refractivity contribution in [1.29, 1.82) is 0 Å². The van der Waals surface area contributed by atoms with Crippen molar-refractivity contribution in [3.63, 3.8) is 0 Å². The minimum atomic E-state index is -0.667. The van der Waals surface area contributed by atoms with Crippen molar-refractivity contribution in [2.24, 2.45) is 0 Å². The van der Waals surface area contributed by atoms with E-state index in [1.807, 2.05) is 0 Å². The van der Waals surface area contributed by atoms with E-state index in [9.17, 15) is 9.59 Å². The number of carbonyl (C=O) groups excluding carboxylic acids is 2. The molecule has 1 fully saturated rings. The summed E-state index contributed by atoms with van der Waals surface area (Å²) in [6, 6.07) is 5.29. The Kier molecular flexibility index (Phi) is 2.62. The molecule has 0 bridgehead atoms. The molecule has 0 N–H and O–H groups in total. The van der Waals surface area contributed by atoms with Crippen LogP contribution in [-0.2, 0) is 4.79 Å².